The van der Waals surface area contributed by atoms with Gasteiger partial charge in [-0.25, -0.2) is 0 Å². The molecule has 3 rings (SSSR count). The summed E-state index contributed by atoms with van der Waals surface area (Å²) in [5.41, 5.74) is 1.13. The Balaban J connectivity index is 1.60. The van der Waals surface area contributed by atoms with Gasteiger partial charge < -0.3 is 14.8 Å². The van der Waals surface area contributed by atoms with Crippen molar-refractivity contribution in [2.45, 2.75) is 0 Å². The summed E-state index contributed by atoms with van der Waals surface area (Å²) in [7, 11) is 0. The minimum absolute atomic E-state index is 0.0206. The van der Waals surface area contributed by atoms with Gasteiger partial charge in [-0.3, -0.25) is 10.1 Å². The Kier molecular flexibility index (Phi) is 6.36. The molecule has 0 bridgehead atoms. The molecule has 3 N–H and O–H groups in total. The topological polar surface area (TPSA) is 74.5 Å². The van der Waals surface area contributed by atoms with Crippen molar-refractivity contribution in [3.05, 3.63) is 76.5 Å². The van der Waals surface area contributed by atoms with Gasteiger partial charge in [-0.2, -0.15) is 0 Å². The third kappa shape index (κ3) is 5.13. The number of carbonyl (C=O) groups excluding carboxylic acids is 1. The predicted molar refractivity (Wildman–Crippen MR) is 116 cm³/mol. The van der Waals surface area contributed by atoms with E-state index in [0.29, 0.717) is 16.5 Å². The highest BCUT2D eigenvalue weighted by Gasteiger charge is 2.10. The molecule has 1 aromatic heterocycles. The molecule has 0 aliphatic rings. The molecule has 0 radical (unpaired) electrons. The molecule has 0 aliphatic heterocycles. The predicted octanol–water partition coefficient (Wildman–Crippen LogP) is 5.49. The number of halogens is 2. The molecule has 3 aromatic rings. The second-order valence-electron chi connectivity index (χ2n) is 5.63. The number of phenolic OH excluding ortho intramolecular Hbond substituents is 1. The van der Waals surface area contributed by atoms with E-state index in [1.807, 2.05) is 36.4 Å². The summed E-state index contributed by atoms with van der Waals surface area (Å²) in [4.78, 5) is 12.0. The molecule has 0 spiro atoms. The van der Waals surface area contributed by atoms with Crippen molar-refractivity contribution in [1.82, 2.24) is 5.32 Å². The van der Waals surface area contributed by atoms with E-state index in [1.165, 1.54) is 24.3 Å². The molecule has 1 heterocycles. The summed E-state index contributed by atoms with van der Waals surface area (Å²) in [5, 5.41) is 15.4. The van der Waals surface area contributed by atoms with E-state index in [9.17, 15) is 9.90 Å². The fourth-order valence-corrected chi connectivity index (χ4v) is 3.03. The molecule has 142 valence electrons. The zero-order valence-corrected chi connectivity index (χ0v) is 16.6. The SMILES string of the molecule is O=C(/C=C/c1ccc(-c2ccccc2)o1)NC(=S)Nc1cc(Cl)cc(Cl)c1O. The fraction of sp³-hybridized carbons (Fsp3) is 0. The first kappa shape index (κ1) is 19.9. The molecule has 0 fully saturated rings. The maximum absolute atomic E-state index is 12.0. The molecular formula is C20H14Cl2N2O3S. The zero-order chi connectivity index (χ0) is 20.1. The van der Waals surface area contributed by atoms with Crippen LogP contribution in [0.3, 0.4) is 0 Å². The number of nitrogens with one attached hydrogen (secondary N) is 2. The van der Waals surface area contributed by atoms with E-state index in [2.05, 4.69) is 10.6 Å². The number of amides is 1. The van der Waals surface area contributed by atoms with Crippen LogP contribution in [-0.2, 0) is 4.79 Å². The number of aromatic hydroxyl groups is 1. The van der Waals surface area contributed by atoms with Crippen LogP contribution in [0.1, 0.15) is 5.76 Å². The second kappa shape index (κ2) is 8.93. The number of rotatable bonds is 4. The minimum atomic E-state index is -0.470. The van der Waals surface area contributed by atoms with Crippen LogP contribution in [0.25, 0.3) is 17.4 Å². The summed E-state index contributed by atoms with van der Waals surface area (Å²) < 4.78 is 5.69. The summed E-state index contributed by atoms with van der Waals surface area (Å²) in [5.74, 6) is 0.531. The Morgan fingerprint density at radius 1 is 1.11 bits per heavy atom. The third-order valence-corrected chi connectivity index (χ3v) is 4.31. The number of benzene rings is 2. The Labute approximate surface area is 176 Å². The Hall–Kier alpha value is -2.80. The minimum Gasteiger partial charge on any atom is -0.504 e. The van der Waals surface area contributed by atoms with Gasteiger partial charge in [0.15, 0.2) is 10.9 Å². The van der Waals surface area contributed by atoms with Crippen LogP contribution in [0.4, 0.5) is 5.69 Å². The van der Waals surface area contributed by atoms with Gasteiger partial charge in [-0.05, 0) is 42.6 Å². The number of furan rings is 1. The van der Waals surface area contributed by atoms with E-state index in [4.69, 9.17) is 39.8 Å². The molecule has 0 aliphatic carbocycles. The van der Waals surface area contributed by atoms with Crippen molar-refractivity contribution in [2.75, 3.05) is 5.32 Å². The van der Waals surface area contributed by atoms with E-state index >= 15 is 0 Å². The van der Waals surface area contributed by atoms with Crippen LogP contribution in [0.5, 0.6) is 5.75 Å². The van der Waals surface area contributed by atoms with Gasteiger partial charge in [0, 0.05) is 16.7 Å². The first-order valence-corrected chi connectivity index (χ1v) is 9.22. The lowest BCUT2D eigenvalue weighted by Crippen LogP contribution is -2.32. The Morgan fingerprint density at radius 2 is 1.86 bits per heavy atom. The molecule has 28 heavy (non-hydrogen) atoms. The van der Waals surface area contributed by atoms with Crippen molar-refractivity contribution < 1.29 is 14.3 Å². The monoisotopic (exact) mass is 432 g/mol. The molecule has 0 saturated carbocycles. The first-order chi connectivity index (χ1) is 13.4. The highest BCUT2D eigenvalue weighted by atomic mass is 35.5. The Morgan fingerprint density at radius 3 is 2.61 bits per heavy atom. The number of anilines is 1. The van der Waals surface area contributed by atoms with E-state index in [0.717, 1.165) is 5.56 Å². The van der Waals surface area contributed by atoms with Crippen molar-refractivity contribution >= 4 is 58.2 Å². The first-order valence-electron chi connectivity index (χ1n) is 8.05. The third-order valence-electron chi connectivity index (χ3n) is 3.60. The molecule has 8 heteroatoms. The van der Waals surface area contributed by atoms with Gasteiger partial charge in [0.2, 0.25) is 5.91 Å². The number of hydrogen-bond donors (Lipinski definition) is 3. The summed E-state index contributed by atoms with van der Waals surface area (Å²) in [6, 6.07) is 16.0. The number of carbonyl (C=O) groups is 1. The second-order valence-corrected chi connectivity index (χ2v) is 6.88. The summed E-state index contributed by atoms with van der Waals surface area (Å²) in [6.45, 7) is 0. The largest absolute Gasteiger partial charge is 0.504 e. The van der Waals surface area contributed by atoms with Gasteiger partial charge in [-0.1, -0.05) is 53.5 Å². The van der Waals surface area contributed by atoms with Crippen molar-refractivity contribution in [3.63, 3.8) is 0 Å². The van der Waals surface area contributed by atoms with Gasteiger partial charge >= 0.3 is 0 Å². The van der Waals surface area contributed by atoms with Crippen LogP contribution >= 0.6 is 35.4 Å². The van der Waals surface area contributed by atoms with Crippen molar-refractivity contribution in [1.29, 1.82) is 0 Å². The molecule has 0 atom stereocenters. The van der Waals surface area contributed by atoms with Gasteiger partial charge in [0.05, 0.1) is 10.7 Å². The quantitative estimate of drug-likeness (QED) is 0.289. The van der Waals surface area contributed by atoms with Crippen LogP contribution < -0.4 is 10.6 Å². The fourth-order valence-electron chi connectivity index (χ4n) is 2.33. The van der Waals surface area contributed by atoms with E-state index < -0.39 is 5.91 Å². The smallest absolute Gasteiger partial charge is 0.250 e. The van der Waals surface area contributed by atoms with Crippen LogP contribution in [0.2, 0.25) is 10.0 Å². The van der Waals surface area contributed by atoms with Crippen LogP contribution in [-0.4, -0.2) is 16.1 Å². The molecular weight excluding hydrogens is 419 g/mol. The molecule has 0 unspecified atom stereocenters. The average molecular weight is 433 g/mol. The normalized spacial score (nSPS) is 10.8. The maximum atomic E-state index is 12.0. The number of thiocarbonyl (C=S) groups is 1. The van der Waals surface area contributed by atoms with Crippen molar-refractivity contribution in [3.8, 4) is 17.1 Å². The highest BCUT2D eigenvalue weighted by Crippen LogP contribution is 2.34. The lowest BCUT2D eigenvalue weighted by Gasteiger charge is -2.11. The summed E-state index contributed by atoms with van der Waals surface area (Å²) >= 11 is 16.8. The molecule has 0 saturated heterocycles. The summed E-state index contributed by atoms with van der Waals surface area (Å²) in [6.07, 6.45) is 2.81. The van der Waals surface area contributed by atoms with E-state index in [1.54, 1.807) is 6.07 Å². The molecule has 1 amide bonds. The average Bonchev–Trinajstić information content (AvgIpc) is 3.14. The number of phenols is 1. The zero-order valence-electron chi connectivity index (χ0n) is 14.3. The lowest BCUT2D eigenvalue weighted by atomic mass is 10.2. The van der Waals surface area contributed by atoms with Gasteiger partial charge in [-0.15, -0.1) is 0 Å². The van der Waals surface area contributed by atoms with Crippen molar-refractivity contribution in [2.24, 2.45) is 0 Å². The van der Waals surface area contributed by atoms with E-state index in [-0.39, 0.29) is 21.6 Å². The van der Waals surface area contributed by atoms with Gasteiger partial charge in [0.1, 0.15) is 11.5 Å². The number of hydrogen-bond acceptors (Lipinski definition) is 4. The highest BCUT2D eigenvalue weighted by molar-refractivity contribution is 7.80. The standard InChI is InChI=1S/C20H14Cl2N2O3S/c21-13-10-15(22)19(26)16(11-13)23-20(28)24-18(25)9-7-14-6-8-17(27-14)12-4-2-1-3-5-12/h1-11,26H,(H2,23,24,25,28)/b9-7+. The molecule has 5 nitrogen and oxygen atoms in total. The molecule has 2 aromatic carbocycles. The van der Waals surface area contributed by atoms with Gasteiger partial charge in [0.25, 0.3) is 0 Å². The lowest BCUT2D eigenvalue weighted by molar-refractivity contribution is -0.115. The van der Waals surface area contributed by atoms with Crippen LogP contribution in [0.15, 0.2) is 65.1 Å². The Bertz CT molecular complexity index is 1050. The van der Waals surface area contributed by atoms with Crippen LogP contribution in [0, 0.1) is 0 Å². The maximum Gasteiger partial charge on any atom is 0.250 e.